The minimum atomic E-state index is -0.520. The number of ether oxygens (including phenoxy) is 3. The predicted molar refractivity (Wildman–Crippen MR) is 115 cm³/mol. The number of carbonyl (C=O) groups is 1. The molecule has 0 aliphatic heterocycles. The minimum absolute atomic E-state index is 0.141. The Morgan fingerprint density at radius 1 is 1.19 bits per heavy atom. The van der Waals surface area contributed by atoms with Crippen molar-refractivity contribution in [3.8, 4) is 5.88 Å². The van der Waals surface area contributed by atoms with E-state index in [0.29, 0.717) is 28.7 Å². The number of hydrogen-bond donors (Lipinski definition) is 0. The smallest absolute Gasteiger partial charge is 0.341 e. The Bertz CT molecular complexity index is 1110. The maximum Gasteiger partial charge on any atom is 0.341 e. The number of aromatic nitrogens is 2. The summed E-state index contributed by atoms with van der Waals surface area (Å²) in [4.78, 5) is 12.2. The average Bonchev–Trinajstić information content (AvgIpc) is 3.03. The summed E-state index contributed by atoms with van der Waals surface area (Å²) in [6, 6.07) is 13.5. The Balaban J connectivity index is 1.82. The van der Waals surface area contributed by atoms with Gasteiger partial charge in [0.2, 0.25) is 5.88 Å². The molecule has 2 aromatic carbocycles. The summed E-state index contributed by atoms with van der Waals surface area (Å²) in [6.07, 6.45) is 1.33. The molecular formula is C23H22ClFN2O4. The van der Waals surface area contributed by atoms with Crippen LogP contribution in [0.1, 0.15) is 22.3 Å². The normalized spacial score (nSPS) is 11.3. The van der Waals surface area contributed by atoms with Crippen molar-refractivity contribution in [2.75, 3.05) is 14.2 Å². The lowest BCUT2D eigenvalue weighted by atomic mass is 10.0. The lowest BCUT2D eigenvalue weighted by Crippen LogP contribution is -2.08. The molecule has 8 heteroatoms. The highest BCUT2D eigenvalue weighted by atomic mass is 35.5. The van der Waals surface area contributed by atoms with Gasteiger partial charge in [-0.15, -0.1) is 5.10 Å². The first kappa shape index (κ1) is 22.4. The molecule has 1 heterocycles. The monoisotopic (exact) mass is 444 g/mol. The molecular weight excluding hydrogens is 423 g/mol. The van der Waals surface area contributed by atoms with Gasteiger partial charge < -0.3 is 14.2 Å². The first-order valence-electron chi connectivity index (χ1n) is 9.44. The van der Waals surface area contributed by atoms with E-state index in [9.17, 15) is 9.18 Å². The molecule has 0 saturated carbocycles. The fourth-order valence-corrected chi connectivity index (χ4v) is 3.24. The predicted octanol–water partition coefficient (Wildman–Crippen LogP) is 4.77. The summed E-state index contributed by atoms with van der Waals surface area (Å²) in [7, 11) is 2.76. The number of carbonyl (C=O) groups excluding carboxylic acids is 1. The molecule has 0 unspecified atom stereocenters. The maximum absolute atomic E-state index is 13.5. The van der Waals surface area contributed by atoms with E-state index < -0.39 is 5.97 Å². The number of hydrogen-bond acceptors (Lipinski definition) is 5. The summed E-state index contributed by atoms with van der Waals surface area (Å²) in [5.41, 5.74) is 3.03. The molecule has 1 aromatic heterocycles. The van der Waals surface area contributed by atoms with Crippen LogP contribution in [-0.4, -0.2) is 30.0 Å². The largest absolute Gasteiger partial charge is 0.503 e. The second-order valence-corrected chi connectivity index (χ2v) is 7.07. The van der Waals surface area contributed by atoms with E-state index in [1.165, 1.54) is 32.6 Å². The Labute approximate surface area is 184 Å². The average molecular weight is 445 g/mol. The third-order valence-electron chi connectivity index (χ3n) is 4.60. The van der Waals surface area contributed by atoms with Gasteiger partial charge in [-0.25, -0.2) is 13.9 Å². The number of rotatable bonds is 8. The second-order valence-electron chi connectivity index (χ2n) is 6.71. The van der Waals surface area contributed by atoms with Gasteiger partial charge in [-0.1, -0.05) is 48.0 Å². The molecule has 162 valence electrons. The van der Waals surface area contributed by atoms with Crippen LogP contribution in [0.25, 0.3) is 5.57 Å². The Morgan fingerprint density at radius 3 is 2.68 bits per heavy atom. The third kappa shape index (κ3) is 5.24. The number of methoxy groups -OCH3 is 2. The van der Waals surface area contributed by atoms with Gasteiger partial charge in [-0.3, -0.25) is 0 Å². The molecule has 0 N–H and O–H groups in total. The topological polar surface area (TPSA) is 62.6 Å². The van der Waals surface area contributed by atoms with Gasteiger partial charge >= 0.3 is 5.97 Å². The van der Waals surface area contributed by atoms with Crippen molar-refractivity contribution in [2.24, 2.45) is 0 Å². The van der Waals surface area contributed by atoms with Crippen molar-refractivity contribution in [3.05, 3.63) is 88.0 Å². The van der Waals surface area contributed by atoms with Crippen molar-refractivity contribution >= 4 is 23.1 Å². The Morgan fingerprint density at radius 2 is 1.97 bits per heavy atom. The van der Waals surface area contributed by atoms with Gasteiger partial charge in [0.15, 0.2) is 0 Å². The molecule has 0 amide bonds. The highest BCUT2D eigenvalue weighted by molar-refractivity contribution is 6.30. The van der Waals surface area contributed by atoms with Crippen LogP contribution in [0.2, 0.25) is 5.15 Å². The third-order valence-corrected chi connectivity index (χ3v) is 5.08. The Hall–Kier alpha value is -3.32. The van der Waals surface area contributed by atoms with Crippen LogP contribution >= 0.6 is 11.6 Å². The van der Waals surface area contributed by atoms with Crippen LogP contribution in [0.3, 0.4) is 0 Å². The second kappa shape index (κ2) is 10.1. The highest BCUT2D eigenvalue weighted by Gasteiger charge is 2.19. The van der Waals surface area contributed by atoms with E-state index in [1.807, 2.05) is 12.1 Å². The van der Waals surface area contributed by atoms with Gasteiger partial charge in [-0.05, 0) is 35.7 Å². The molecule has 0 bridgehead atoms. The molecule has 0 fully saturated rings. The first-order valence-corrected chi connectivity index (χ1v) is 9.82. The molecule has 0 saturated heterocycles. The fraction of sp³-hybridized carbons (Fsp3) is 0.217. The molecule has 0 spiro atoms. The van der Waals surface area contributed by atoms with Crippen LogP contribution in [0, 0.1) is 12.7 Å². The molecule has 0 aliphatic rings. The number of esters is 1. The molecule has 0 radical (unpaired) electrons. The summed E-state index contributed by atoms with van der Waals surface area (Å²) in [5, 5.41) is 4.83. The quantitative estimate of drug-likeness (QED) is 0.284. The van der Waals surface area contributed by atoms with E-state index in [0.717, 1.165) is 11.1 Å². The van der Waals surface area contributed by atoms with Crippen LogP contribution < -0.4 is 4.74 Å². The van der Waals surface area contributed by atoms with E-state index >= 15 is 0 Å². The van der Waals surface area contributed by atoms with Gasteiger partial charge in [0.1, 0.15) is 23.2 Å². The van der Waals surface area contributed by atoms with Crippen molar-refractivity contribution in [1.82, 2.24) is 9.78 Å². The van der Waals surface area contributed by atoms with Gasteiger partial charge in [0.05, 0.1) is 27.0 Å². The summed E-state index contributed by atoms with van der Waals surface area (Å²) in [5.74, 6) is -0.490. The van der Waals surface area contributed by atoms with Crippen LogP contribution in [0.15, 0.2) is 54.8 Å². The zero-order valence-electron chi connectivity index (χ0n) is 17.4. The van der Waals surface area contributed by atoms with Crippen molar-refractivity contribution in [3.63, 3.8) is 0 Å². The molecule has 0 atom stereocenters. The Kier molecular flexibility index (Phi) is 7.31. The van der Waals surface area contributed by atoms with E-state index in [4.69, 9.17) is 25.8 Å². The molecule has 3 rings (SSSR count). The van der Waals surface area contributed by atoms with Crippen molar-refractivity contribution in [2.45, 2.75) is 20.1 Å². The fourth-order valence-electron chi connectivity index (χ4n) is 3.06. The van der Waals surface area contributed by atoms with Gasteiger partial charge in [-0.2, -0.15) is 0 Å². The zero-order chi connectivity index (χ0) is 22.4. The van der Waals surface area contributed by atoms with E-state index in [2.05, 4.69) is 5.10 Å². The lowest BCUT2D eigenvalue weighted by Gasteiger charge is -2.12. The molecule has 31 heavy (non-hydrogen) atoms. The van der Waals surface area contributed by atoms with E-state index in [-0.39, 0.29) is 18.0 Å². The number of halogens is 2. The summed E-state index contributed by atoms with van der Waals surface area (Å²) in [6.45, 7) is 2.24. The molecule has 0 aliphatic carbocycles. The zero-order valence-corrected chi connectivity index (χ0v) is 18.1. The SMILES string of the molecule is CO/C=C(/C(=O)OC)c1ccccc1COc1nn(Cc2cccc(F)c2)c(Cl)c1C. The van der Waals surface area contributed by atoms with Crippen LogP contribution in [0.5, 0.6) is 5.88 Å². The molecule has 3 aromatic rings. The van der Waals surface area contributed by atoms with Gasteiger partial charge in [0.25, 0.3) is 0 Å². The molecule has 6 nitrogen and oxygen atoms in total. The minimum Gasteiger partial charge on any atom is -0.503 e. The van der Waals surface area contributed by atoms with Gasteiger partial charge in [0, 0.05) is 5.56 Å². The van der Waals surface area contributed by atoms with Crippen LogP contribution in [-0.2, 0) is 27.4 Å². The van der Waals surface area contributed by atoms with Crippen molar-refractivity contribution < 1.29 is 23.4 Å². The first-order chi connectivity index (χ1) is 14.9. The highest BCUT2D eigenvalue weighted by Crippen LogP contribution is 2.28. The summed E-state index contributed by atoms with van der Waals surface area (Å²) >= 11 is 6.41. The summed E-state index contributed by atoms with van der Waals surface area (Å²) < 4.78 is 30.8. The lowest BCUT2D eigenvalue weighted by molar-refractivity contribution is -0.133. The number of nitrogens with zero attached hydrogens (tertiary/aromatic N) is 2. The maximum atomic E-state index is 13.5. The van der Waals surface area contributed by atoms with E-state index in [1.54, 1.807) is 35.9 Å². The number of benzene rings is 2. The van der Waals surface area contributed by atoms with Crippen molar-refractivity contribution in [1.29, 1.82) is 0 Å². The standard InChI is InChI=1S/C23H22ClFN2O4/c1-15-21(24)27(12-16-7-6-9-18(25)11-16)26-22(15)31-13-17-8-4-5-10-19(17)20(14-29-2)23(28)30-3/h4-11,14H,12-13H2,1-3H3/b20-14+. The van der Waals surface area contributed by atoms with Crippen LogP contribution in [0.4, 0.5) is 4.39 Å².